The predicted octanol–water partition coefficient (Wildman–Crippen LogP) is 4.18. The van der Waals surface area contributed by atoms with E-state index in [-0.39, 0.29) is 6.04 Å². The number of nitrogens with two attached hydrogens (primary N) is 1. The van der Waals surface area contributed by atoms with Crippen LogP contribution in [-0.4, -0.2) is 11.0 Å². The Morgan fingerprint density at radius 2 is 1.76 bits per heavy atom. The fourth-order valence-corrected chi connectivity index (χ4v) is 2.51. The fraction of sp³-hybridized carbons (Fsp3) is 0.211. The van der Waals surface area contributed by atoms with Gasteiger partial charge in [0.1, 0.15) is 0 Å². The Morgan fingerprint density at radius 3 is 2.52 bits per heavy atom. The second-order valence-electron chi connectivity index (χ2n) is 5.62. The van der Waals surface area contributed by atoms with Crippen molar-refractivity contribution >= 4 is 10.9 Å². The molecular weight excluding hydrogens is 256 g/mol. The van der Waals surface area contributed by atoms with Crippen molar-refractivity contribution in [3.63, 3.8) is 0 Å². The van der Waals surface area contributed by atoms with Gasteiger partial charge in [-0.3, -0.25) is 4.98 Å². The predicted molar refractivity (Wildman–Crippen MR) is 89.1 cm³/mol. The molecule has 0 aliphatic heterocycles. The Balaban J connectivity index is 1.85. The average molecular weight is 276 g/mol. The van der Waals surface area contributed by atoms with E-state index in [2.05, 4.69) is 60.4 Å². The van der Waals surface area contributed by atoms with Gasteiger partial charge in [-0.05, 0) is 54.7 Å². The molecule has 0 aliphatic carbocycles. The van der Waals surface area contributed by atoms with Gasteiger partial charge in [0.05, 0.1) is 5.52 Å². The summed E-state index contributed by atoms with van der Waals surface area (Å²) in [5.74, 6) is 0. The van der Waals surface area contributed by atoms with Crippen molar-refractivity contribution in [1.29, 1.82) is 0 Å². The SMILES string of the molecule is CC(N)CCc1ccc(-c2ccc3ncccc3c2)cc1. The number of aryl methyl sites for hydroxylation is 1. The van der Waals surface area contributed by atoms with E-state index in [1.807, 2.05) is 12.3 Å². The van der Waals surface area contributed by atoms with Crippen LogP contribution < -0.4 is 5.73 Å². The number of hydrogen-bond acceptors (Lipinski definition) is 2. The zero-order valence-electron chi connectivity index (χ0n) is 12.3. The lowest BCUT2D eigenvalue weighted by atomic mass is 10.00. The van der Waals surface area contributed by atoms with Gasteiger partial charge in [-0.15, -0.1) is 0 Å². The number of rotatable bonds is 4. The standard InChI is InChI=1S/C19H20N2/c1-14(20)4-5-15-6-8-16(9-7-15)17-10-11-19-18(13-17)3-2-12-21-19/h2-3,6-14H,4-5,20H2,1H3. The van der Waals surface area contributed by atoms with Gasteiger partial charge in [0.25, 0.3) is 0 Å². The van der Waals surface area contributed by atoms with E-state index in [4.69, 9.17) is 5.73 Å². The summed E-state index contributed by atoms with van der Waals surface area (Å²) in [5.41, 5.74) is 10.7. The maximum Gasteiger partial charge on any atom is 0.0702 e. The minimum absolute atomic E-state index is 0.262. The number of pyridine rings is 1. The van der Waals surface area contributed by atoms with Crippen LogP contribution in [0.3, 0.4) is 0 Å². The Kier molecular flexibility index (Phi) is 3.98. The van der Waals surface area contributed by atoms with E-state index in [1.54, 1.807) is 0 Å². The zero-order chi connectivity index (χ0) is 14.7. The van der Waals surface area contributed by atoms with Crippen molar-refractivity contribution in [2.24, 2.45) is 5.73 Å². The number of fused-ring (bicyclic) bond motifs is 1. The number of nitrogens with zero attached hydrogens (tertiary/aromatic N) is 1. The third-order valence-electron chi connectivity index (χ3n) is 3.78. The number of hydrogen-bond donors (Lipinski definition) is 1. The lowest BCUT2D eigenvalue weighted by Crippen LogP contribution is -2.15. The summed E-state index contributed by atoms with van der Waals surface area (Å²) >= 11 is 0. The van der Waals surface area contributed by atoms with E-state index < -0.39 is 0 Å². The van der Waals surface area contributed by atoms with Crippen molar-refractivity contribution in [2.45, 2.75) is 25.8 Å². The molecule has 2 aromatic carbocycles. The lowest BCUT2D eigenvalue weighted by molar-refractivity contribution is 0.666. The molecule has 2 heteroatoms. The topological polar surface area (TPSA) is 38.9 Å². The maximum atomic E-state index is 5.81. The molecule has 0 radical (unpaired) electrons. The molecule has 2 nitrogen and oxygen atoms in total. The summed E-state index contributed by atoms with van der Waals surface area (Å²) in [6, 6.07) is 19.5. The second-order valence-corrected chi connectivity index (χ2v) is 5.62. The van der Waals surface area contributed by atoms with Gasteiger partial charge in [0.15, 0.2) is 0 Å². The fourth-order valence-electron chi connectivity index (χ4n) is 2.51. The number of aromatic nitrogens is 1. The van der Waals surface area contributed by atoms with Crippen molar-refractivity contribution in [1.82, 2.24) is 4.98 Å². The highest BCUT2D eigenvalue weighted by molar-refractivity contribution is 5.84. The molecule has 2 N–H and O–H groups in total. The van der Waals surface area contributed by atoms with Crippen LogP contribution in [0.25, 0.3) is 22.0 Å². The third kappa shape index (κ3) is 3.29. The third-order valence-corrected chi connectivity index (χ3v) is 3.78. The normalized spacial score (nSPS) is 12.5. The molecule has 0 saturated heterocycles. The summed E-state index contributed by atoms with van der Waals surface area (Å²) in [7, 11) is 0. The van der Waals surface area contributed by atoms with E-state index in [1.165, 1.54) is 22.1 Å². The minimum atomic E-state index is 0.262. The first-order valence-corrected chi connectivity index (χ1v) is 7.42. The Bertz CT molecular complexity index is 730. The number of benzene rings is 2. The molecule has 3 aromatic rings. The van der Waals surface area contributed by atoms with Crippen LogP contribution in [0.4, 0.5) is 0 Å². The average Bonchev–Trinajstić information content (AvgIpc) is 2.53. The van der Waals surface area contributed by atoms with Gasteiger partial charge in [0.2, 0.25) is 0 Å². The Labute approximate surface area is 125 Å². The molecule has 3 rings (SSSR count). The van der Waals surface area contributed by atoms with E-state index >= 15 is 0 Å². The quantitative estimate of drug-likeness (QED) is 0.776. The Hall–Kier alpha value is -2.19. The van der Waals surface area contributed by atoms with Crippen LogP contribution in [-0.2, 0) is 6.42 Å². The summed E-state index contributed by atoms with van der Waals surface area (Å²) in [6.07, 6.45) is 3.90. The molecule has 0 bridgehead atoms. The molecule has 1 heterocycles. The van der Waals surface area contributed by atoms with Gasteiger partial charge in [-0.25, -0.2) is 0 Å². The highest BCUT2D eigenvalue weighted by Gasteiger charge is 2.02. The van der Waals surface area contributed by atoms with Crippen LogP contribution in [0.5, 0.6) is 0 Å². The smallest absolute Gasteiger partial charge is 0.0702 e. The highest BCUT2D eigenvalue weighted by Crippen LogP contribution is 2.24. The van der Waals surface area contributed by atoms with E-state index in [0.717, 1.165) is 18.4 Å². The van der Waals surface area contributed by atoms with E-state index in [9.17, 15) is 0 Å². The van der Waals surface area contributed by atoms with Crippen LogP contribution >= 0.6 is 0 Å². The molecule has 21 heavy (non-hydrogen) atoms. The highest BCUT2D eigenvalue weighted by atomic mass is 14.6. The zero-order valence-corrected chi connectivity index (χ0v) is 12.3. The van der Waals surface area contributed by atoms with Gasteiger partial charge in [0, 0.05) is 17.6 Å². The minimum Gasteiger partial charge on any atom is -0.328 e. The van der Waals surface area contributed by atoms with Gasteiger partial charge < -0.3 is 5.73 Å². The second kappa shape index (κ2) is 6.06. The summed E-state index contributed by atoms with van der Waals surface area (Å²) in [4.78, 5) is 4.36. The van der Waals surface area contributed by atoms with Crippen molar-refractivity contribution in [3.05, 3.63) is 66.4 Å². The molecule has 0 saturated carbocycles. The first-order chi connectivity index (χ1) is 10.2. The molecule has 0 aliphatic rings. The van der Waals surface area contributed by atoms with Gasteiger partial charge in [-0.1, -0.05) is 36.4 Å². The summed E-state index contributed by atoms with van der Waals surface area (Å²) in [5, 5.41) is 1.18. The van der Waals surface area contributed by atoms with Crippen molar-refractivity contribution in [2.75, 3.05) is 0 Å². The molecule has 1 unspecified atom stereocenters. The van der Waals surface area contributed by atoms with Crippen molar-refractivity contribution < 1.29 is 0 Å². The molecule has 0 fully saturated rings. The molecule has 0 amide bonds. The molecule has 0 spiro atoms. The van der Waals surface area contributed by atoms with Gasteiger partial charge >= 0.3 is 0 Å². The molecule has 106 valence electrons. The van der Waals surface area contributed by atoms with Gasteiger partial charge in [-0.2, -0.15) is 0 Å². The maximum absolute atomic E-state index is 5.81. The van der Waals surface area contributed by atoms with E-state index in [0.29, 0.717) is 0 Å². The van der Waals surface area contributed by atoms with Crippen LogP contribution in [0.2, 0.25) is 0 Å². The summed E-state index contributed by atoms with van der Waals surface area (Å²) < 4.78 is 0. The van der Waals surface area contributed by atoms with Crippen molar-refractivity contribution in [3.8, 4) is 11.1 Å². The molecule has 1 aromatic heterocycles. The first-order valence-electron chi connectivity index (χ1n) is 7.42. The van der Waals surface area contributed by atoms with Crippen LogP contribution in [0.1, 0.15) is 18.9 Å². The lowest BCUT2D eigenvalue weighted by Gasteiger charge is -2.07. The van der Waals surface area contributed by atoms with Crippen LogP contribution in [0, 0.1) is 0 Å². The largest absolute Gasteiger partial charge is 0.328 e. The monoisotopic (exact) mass is 276 g/mol. The molecule has 1 atom stereocenters. The molecular formula is C19H20N2. The van der Waals surface area contributed by atoms with Crippen LogP contribution in [0.15, 0.2) is 60.8 Å². The summed E-state index contributed by atoms with van der Waals surface area (Å²) in [6.45, 7) is 2.05. The Morgan fingerprint density at radius 1 is 1.00 bits per heavy atom. The first kappa shape index (κ1) is 13.8.